The number of carbonyl (C=O) groups excluding carboxylic acids is 1. The molecule has 4 nitrogen and oxygen atoms in total. The molecule has 0 aliphatic heterocycles. The van der Waals surface area contributed by atoms with E-state index < -0.39 is 0 Å². The van der Waals surface area contributed by atoms with E-state index in [1.165, 1.54) is 43.2 Å². The molecule has 3 unspecified atom stereocenters. The topological polar surface area (TPSA) is 55.1 Å². The van der Waals surface area contributed by atoms with Crippen molar-refractivity contribution in [3.63, 3.8) is 0 Å². The summed E-state index contributed by atoms with van der Waals surface area (Å²) >= 11 is 1.30. The second-order valence-corrected chi connectivity index (χ2v) is 7.93. The molecule has 2 aromatic rings. The van der Waals surface area contributed by atoms with Crippen molar-refractivity contribution >= 4 is 17.7 Å². The zero-order valence-corrected chi connectivity index (χ0v) is 15.3. The summed E-state index contributed by atoms with van der Waals surface area (Å²) < 4.78 is 18.7. The lowest BCUT2D eigenvalue weighted by molar-refractivity contribution is -0.121. The fourth-order valence-electron chi connectivity index (χ4n) is 3.10. The first-order valence-electron chi connectivity index (χ1n) is 8.71. The molecule has 134 valence electrons. The van der Waals surface area contributed by atoms with Crippen molar-refractivity contribution in [3.8, 4) is 11.3 Å². The molecule has 1 aromatic carbocycles. The van der Waals surface area contributed by atoms with E-state index in [0.29, 0.717) is 16.9 Å². The number of hydrogen-bond acceptors (Lipinski definition) is 4. The molecule has 3 atom stereocenters. The van der Waals surface area contributed by atoms with Gasteiger partial charge in [-0.25, -0.2) is 9.37 Å². The third-order valence-electron chi connectivity index (χ3n) is 4.70. The molecular weight excluding hydrogens is 339 g/mol. The first-order chi connectivity index (χ1) is 12.0. The van der Waals surface area contributed by atoms with E-state index in [0.717, 1.165) is 12.0 Å². The quantitative estimate of drug-likeness (QED) is 0.786. The molecule has 0 bridgehead atoms. The number of hydrogen-bond donors (Lipinski definition) is 1. The Morgan fingerprint density at radius 1 is 1.32 bits per heavy atom. The molecule has 6 heteroatoms. The summed E-state index contributed by atoms with van der Waals surface area (Å²) in [5, 5.41) is 3.32. The Bertz CT molecular complexity index is 716. The van der Waals surface area contributed by atoms with Gasteiger partial charge in [0, 0.05) is 11.6 Å². The van der Waals surface area contributed by atoms with Crippen molar-refractivity contribution < 1.29 is 13.6 Å². The summed E-state index contributed by atoms with van der Waals surface area (Å²) in [6.45, 7) is 4.06. The van der Waals surface area contributed by atoms with Gasteiger partial charge in [-0.15, -0.1) is 0 Å². The summed E-state index contributed by atoms with van der Waals surface area (Å²) in [5.74, 6) is 0.822. The zero-order valence-electron chi connectivity index (χ0n) is 14.5. The van der Waals surface area contributed by atoms with Crippen molar-refractivity contribution in [2.24, 2.45) is 5.92 Å². The van der Waals surface area contributed by atoms with Crippen molar-refractivity contribution in [2.45, 2.75) is 56.0 Å². The molecule has 1 heterocycles. The monoisotopic (exact) mass is 362 g/mol. The number of carbonyl (C=O) groups is 1. The van der Waals surface area contributed by atoms with Crippen LogP contribution in [0.15, 0.2) is 40.1 Å². The minimum atomic E-state index is -0.292. The van der Waals surface area contributed by atoms with Gasteiger partial charge in [0.1, 0.15) is 5.82 Å². The number of halogens is 1. The first kappa shape index (κ1) is 18.0. The Labute approximate surface area is 151 Å². The fourth-order valence-corrected chi connectivity index (χ4v) is 3.82. The number of nitrogens with one attached hydrogen (secondary N) is 1. The molecule has 25 heavy (non-hydrogen) atoms. The van der Waals surface area contributed by atoms with Gasteiger partial charge in [0.15, 0.2) is 5.76 Å². The lowest BCUT2D eigenvalue weighted by atomic mass is 9.86. The molecule has 1 N–H and O–H groups in total. The Kier molecular flexibility index (Phi) is 5.78. The van der Waals surface area contributed by atoms with Gasteiger partial charge >= 0.3 is 0 Å². The van der Waals surface area contributed by atoms with Gasteiger partial charge in [0.05, 0.1) is 11.4 Å². The lowest BCUT2D eigenvalue weighted by Gasteiger charge is -2.30. The summed E-state index contributed by atoms with van der Waals surface area (Å²) in [6, 6.07) is 6.32. The summed E-state index contributed by atoms with van der Waals surface area (Å²) in [7, 11) is 0. The highest BCUT2D eigenvalue weighted by atomic mass is 32.2. The van der Waals surface area contributed by atoms with E-state index in [2.05, 4.69) is 17.2 Å². The first-order valence-corrected chi connectivity index (χ1v) is 9.59. The average Bonchev–Trinajstić information content (AvgIpc) is 3.06. The van der Waals surface area contributed by atoms with E-state index in [1.54, 1.807) is 18.3 Å². The highest BCUT2D eigenvalue weighted by Crippen LogP contribution is 2.29. The molecule has 0 saturated heterocycles. The molecule has 1 saturated carbocycles. The van der Waals surface area contributed by atoms with Crippen molar-refractivity contribution in [1.82, 2.24) is 10.3 Å². The maximum Gasteiger partial charge on any atom is 0.256 e. The van der Waals surface area contributed by atoms with E-state index in [9.17, 15) is 9.18 Å². The van der Waals surface area contributed by atoms with Crippen LogP contribution in [0.4, 0.5) is 4.39 Å². The molecule has 1 aliphatic rings. The number of benzene rings is 1. The van der Waals surface area contributed by atoms with Gasteiger partial charge in [0.25, 0.3) is 5.22 Å². The van der Waals surface area contributed by atoms with Crippen LogP contribution in [0.3, 0.4) is 0 Å². The normalized spacial score (nSPS) is 21.7. The third-order valence-corrected chi connectivity index (χ3v) is 5.66. The number of aromatic nitrogens is 1. The average molecular weight is 362 g/mol. The number of oxazole rings is 1. The second-order valence-electron chi connectivity index (χ2n) is 6.63. The van der Waals surface area contributed by atoms with Crippen molar-refractivity contribution in [2.75, 3.05) is 0 Å². The van der Waals surface area contributed by atoms with E-state index >= 15 is 0 Å². The molecular formula is C19H23FN2O2S. The molecule has 3 rings (SSSR count). The minimum absolute atomic E-state index is 0.0188. The number of amides is 1. The molecule has 0 radical (unpaired) electrons. The van der Waals surface area contributed by atoms with Crippen LogP contribution in [0.2, 0.25) is 0 Å². The highest BCUT2D eigenvalue weighted by molar-refractivity contribution is 8.00. The zero-order chi connectivity index (χ0) is 17.8. The van der Waals surface area contributed by atoms with Crippen LogP contribution in [0.1, 0.15) is 39.5 Å². The van der Waals surface area contributed by atoms with Crippen LogP contribution < -0.4 is 5.32 Å². The summed E-state index contributed by atoms with van der Waals surface area (Å²) in [4.78, 5) is 16.7. The second kappa shape index (κ2) is 8.04. The van der Waals surface area contributed by atoms with Crippen LogP contribution in [0, 0.1) is 11.7 Å². The molecule has 1 amide bonds. The summed E-state index contributed by atoms with van der Waals surface area (Å²) in [6.07, 6.45) is 6.26. The standard InChI is InChI=1S/C19H23FN2O2S/c1-12-5-3-4-6-16(12)22-18(23)13(2)25-19-21-11-17(24-19)14-7-9-15(20)10-8-14/h7-13,16H,3-6H2,1-2H3,(H,22,23). The third kappa shape index (κ3) is 4.63. The van der Waals surface area contributed by atoms with Gasteiger partial charge in [-0.1, -0.05) is 31.5 Å². The van der Waals surface area contributed by atoms with E-state index in [-0.39, 0.29) is 23.0 Å². The SMILES string of the molecule is CC(Sc1ncc(-c2ccc(F)cc2)o1)C(=O)NC1CCCCC1C. The Morgan fingerprint density at radius 3 is 2.76 bits per heavy atom. The molecule has 1 aliphatic carbocycles. The summed E-state index contributed by atoms with van der Waals surface area (Å²) in [5.41, 5.74) is 0.758. The molecule has 0 spiro atoms. The van der Waals surface area contributed by atoms with Gasteiger partial charge in [-0.2, -0.15) is 0 Å². The number of thioether (sulfide) groups is 1. The largest absolute Gasteiger partial charge is 0.431 e. The molecule has 1 fully saturated rings. The van der Waals surface area contributed by atoms with Gasteiger partial charge in [-0.3, -0.25) is 4.79 Å². The Hall–Kier alpha value is -1.82. The molecule has 1 aromatic heterocycles. The van der Waals surface area contributed by atoms with E-state index in [1.807, 2.05) is 6.92 Å². The maximum atomic E-state index is 13.0. The fraction of sp³-hybridized carbons (Fsp3) is 0.474. The minimum Gasteiger partial charge on any atom is -0.431 e. The lowest BCUT2D eigenvalue weighted by Crippen LogP contribution is -2.44. The predicted octanol–water partition coefficient (Wildman–Crippen LogP) is 4.66. The van der Waals surface area contributed by atoms with Crippen LogP contribution >= 0.6 is 11.8 Å². The number of rotatable bonds is 5. The van der Waals surface area contributed by atoms with Gasteiger partial charge in [-0.05, 0) is 49.9 Å². The van der Waals surface area contributed by atoms with Crippen LogP contribution in [-0.4, -0.2) is 22.2 Å². The van der Waals surface area contributed by atoms with Gasteiger partial charge < -0.3 is 9.73 Å². The Morgan fingerprint density at radius 2 is 2.04 bits per heavy atom. The highest BCUT2D eigenvalue weighted by Gasteiger charge is 2.26. The Balaban J connectivity index is 1.58. The number of nitrogens with zero attached hydrogens (tertiary/aromatic N) is 1. The van der Waals surface area contributed by atoms with Crippen LogP contribution in [-0.2, 0) is 4.79 Å². The smallest absolute Gasteiger partial charge is 0.256 e. The van der Waals surface area contributed by atoms with Crippen molar-refractivity contribution in [1.29, 1.82) is 0 Å². The predicted molar refractivity (Wildman–Crippen MR) is 96.8 cm³/mol. The van der Waals surface area contributed by atoms with Crippen LogP contribution in [0.25, 0.3) is 11.3 Å². The van der Waals surface area contributed by atoms with Crippen LogP contribution in [0.5, 0.6) is 0 Å². The van der Waals surface area contributed by atoms with Gasteiger partial charge in [0.2, 0.25) is 5.91 Å². The van der Waals surface area contributed by atoms with E-state index in [4.69, 9.17) is 4.42 Å². The maximum absolute atomic E-state index is 13.0. The van der Waals surface area contributed by atoms with Crippen molar-refractivity contribution in [3.05, 3.63) is 36.3 Å².